The van der Waals surface area contributed by atoms with Gasteiger partial charge in [-0.2, -0.15) is 5.26 Å². The second-order valence-corrected chi connectivity index (χ2v) is 4.05. The molecule has 0 N–H and O–H groups in total. The van der Waals surface area contributed by atoms with Crippen LogP contribution in [0.5, 0.6) is 0 Å². The van der Waals surface area contributed by atoms with Gasteiger partial charge < -0.3 is 0 Å². The molecule has 0 aliphatic heterocycles. The number of Topliss-reactive ketones (excluding diaryl/α,β-unsaturated/α-hetero) is 1. The summed E-state index contributed by atoms with van der Waals surface area (Å²) in [7, 11) is 0. The van der Waals surface area contributed by atoms with E-state index in [0.29, 0.717) is 3.57 Å². The number of ketones is 1. The van der Waals surface area contributed by atoms with Gasteiger partial charge in [0.1, 0.15) is 0 Å². The maximum absolute atomic E-state index is 12.6. The van der Waals surface area contributed by atoms with Gasteiger partial charge in [-0.1, -0.05) is 0 Å². The Balaban J connectivity index is 3.51. The maximum Gasteiger partial charge on any atom is 0.264 e. The van der Waals surface area contributed by atoms with E-state index in [-0.39, 0.29) is 16.7 Å². The Morgan fingerprint density at radius 2 is 2.13 bits per heavy atom. The zero-order chi connectivity index (χ0) is 11.6. The molecular formula is C10H6F2INO. The van der Waals surface area contributed by atoms with Gasteiger partial charge in [-0.3, -0.25) is 4.79 Å². The summed E-state index contributed by atoms with van der Waals surface area (Å²) in [5.74, 6) is -0.417. The first-order chi connectivity index (χ1) is 6.97. The molecule has 0 amide bonds. The normalized spacial score (nSPS) is 10.1. The minimum atomic E-state index is -2.74. The number of carbonyl (C=O) groups excluding carboxylic acids is 1. The van der Waals surface area contributed by atoms with Crippen molar-refractivity contribution < 1.29 is 13.6 Å². The van der Waals surface area contributed by atoms with Crippen LogP contribution in [-0.2, 0) is 0 Å². The van der Waals surface area contributed by atoms with E-state index in [1.807, 2.05) is 0 Å². The predicted molar refractivity (Wildman–Crippen MR) is 58.8 cm³/mol. The van der Waals surface area contributed by atoms with Gasteiger partial charge in [0.15, 0.2) is 5.78 Å². The third-order valence-electron chi connectivity index (χ3n) is 1.84. The number of benzene rings is 1. The zero-order valence-electron chi connectivity index (χ0n) is 7.72. The van der Waals surface area contributed by atoms with Crippen LogP contribution in [0.15, 0.2) is 12.1 Å². The van der Waals surface area contributed by atoms with Crippen LogP contribution in [0, 0.1) is 14.9 Å². The van der Waals surface area contributed by atoms with E-state index in [4.69, 9.17) is 5.26 Å². The Kier molecular flexibility index (Phi) is 3.74. The number of carbonyl (C=O) groups is 1. The summed E-state index contributed by atoms with van der Waals surface area (Å²) in [6.07, 6.45) is -2.74. The standard InChI is InChI=1S/C10H6F2INO/c1-5(15)9-7(10(11)12)2-6(4-14)3-8(9)13/h2-3,10H,1H3. The molecule has 15 heavy (non-hydrogen) atoms. The lowest BCUT2D eigenvalue weighted by molar-refractivity contribution is 0.0998. The number of halogens is 3. The number of hydrogen-bond donors (Lipinski definition) is 0. The lowest BCUT2D eigenvalue weighted by atomic mass is 10.0. The molecule has 5 heteroatoms. The average Bonchev–Trinajstić information content (AvgIpc) is 2.15. The van der Waals surface area contributed by atoms with Crippen molar-refractivity contribution in [1.29, 1.82) is 5.26 Å². The molecule has 0 fully saturated rings. The number of alkyl halides is 2. The molecule has 0 saturated carbocycles. The van der Waals surface area contributed by atoms with Gasteiger partial charge in [-0.05, 0) is 41.6 Å². The van der Waals surface area contributed by atoms with Crippen molar-refractivity contribution in [2.24, 2.45) is 0 Å². The van der Waals surface area contributed by atoms with Crippen molar-refractivity contribution >= 4 is 28.4 Å². The largest absolute Gasteiger partial charge is 0.294 e. The molecule has 1 aromatic carbocycles. The molecule has 0 heterocycles. The fourth-order valence-corrected chi connectivity index (χ4v) is 2.26. The Morgan fingerprint density at radius 1 is 1.53 bits per heavy atom. The lowest BCUT2D eigenvalue weighted by Gasteiger charge is -2.08. The third-order valence-corrected chi connectivity index (χ3v) is 2.69. The molecular weight excluding hydrogens is 315 g/mol. The maximum atomic E-state index is 12.6. The summed E-state index contributed by atoms with van der Waals surface area (Å²) in [5.41, 5.74) is -0.227. The molecule has 78 valence electrons. The van der Waals surface area contributed by atoms with Crippen LogP contribution in [0.1, 0.15) is 34.8 Å². The molecule has 0 spiro atoms. The molecule has 1 aromatic rings. The monoisotopic (exact) mass is 321 g/mol. The molecule has 0 aromatic heterocycles. The highest BCUT2D eigenvalue weighted by Crippen LogP contribution is 2.28. The van der Waals surface area contributed by atoms with Gasteiger partial charge in [0.25, 0.3) is 6.43 Å². The van der Waals surface area contributed by atoms with Crippen molar-refractivity contribution in [1.82, 2.24) is 0 Å². The molecule has 0 atom stereocenters. The van der Waals surface area contributed by atoms with E-state index < -0.39 is 12.2 Å². The van der Waals surface area contributed by atoms with Crippen molar-refractivity contribution in [2.75, 3.05) is 0 Å². The number of nitriles is 1. The summed E-state index contributed by atoms with van der Waals surface area (Å²) in [6, 6.07) is 4.26. The average molecular weight is 321 g/mol. The van der Waals surface area contributed by atoms with Crippen molar-refractivity contribution in [3.05, 3.63) is 32.4 Å². The van der Waals surface area contributed by atoms with E-state index in [0.717, 1.165) is 6.07 Å². The first kappa shape index (κ1) is 12.0. The van der Waals surface area contributed by atoms with Crippen LogP contribution < -0.4 is 0 Å². The minimum absolute atomic E-state index is 0.00426. The van der Waals surface area contributed by atoms with E-state index >= 15 is 0 Å². The summed E-state index contributed by atoms with van der Waals surface area (Å²) in [5, 5.41) is 8.61. The minimum Gasteiger partial charge on any atom is -0.294 e. The quantitative estimate of drug-likeness (QED) is 0.619. The van der Waals surface area contributed by atoms with Crippen LogP contribution >= 0.6 is 22.6 Å². The zero-order valence-corrected chi connectivity index (χ0v) is 9.88. The first-order valence-corrected chi connectivity index (χ1v) is 5.08. The topological polar surface area (TPSA) is 40.9 Å². The summed E-state index contributed by atoms with van der Waals surface area (Å²) < 4.78 is 25.6. The molecule has 2 nitrogen and oxygen atoms in total. The second-order valence-electron chi connectivity index (χ2n) is 2.89. The van der Waals surface area contributed by atoms with Crippen LogP contribution in [-0.4, -0.2) is 5.78 Å². The van der Waals surface area contributed by atoms with Crippen molar-refractivity contribution in [3.8, 4) is 6.07 Å². The smallest absolute Gasteiger partial charge is 0.264 e. The second kappa shape index (κ2) is 4.66. The summed E-state index contributed by atoms with van der Waals surface area (Å²) in [6.45, 7) is 1.23. The molecule has 0 aliphatic carbocycles. The van der Waals surface area contributed by atoms with Gasteiger partial charge >= 0.3 is 0 Å². The lowest BCUT2D eigenvalue weighted by Crippen LogP contribution is -2.04. The van der Waals surface area contributed by atoms with Crippen LogP contribution in [0.4, 0.5) is 8.78 Å². The number of hydrogen-bond acceptors (Lipinski definition) is 2. The van der Waals surface area contributed by atoms with Gasteiger partial charge in [0.05, 0.1) is 11.6 Å². The summed E-state index contributed by atoms with van der Waals surface area (Å²) in [4.78, 5) is 11.2. The highest BCUT2D eigenvalue weighted by atomic mass is 127. The fraction of sp³-hybridized carbons (Fsp3) is 0.200. The fourth-order valence-electron chi connectivity index (χ4n) is 1.24. The molecule has 0 bridgehead atoms. The van der Waals surface area contributed by atoms with E-state index in [9.17, 15) is 13.6 Å². The molecule has 0 aliphatic rings. The Morgan fingerprint density at radius 3 is 2.53 bits per heavy atom. The van der Waals surface area contributed by atoms with Gasteiger partial charge in [0, 0.05) is 14.7 Å². The van der Waals surface area contributed by atoms with Crippen LogP contribution in [0.3, 0.4) is 0 Å². The van der Waals surface area contributed by atoms with Crippen molar-refractivity contribution in [3.63, 3.8) is 0 Å². The first-order valence-electron chi connectivity index (χ1n) is 4.00. The van der Waals surface area contributed by atoms with Gasteiger partial charge in [0.2, 0.25) is 0 Å². The highest BCUT2D eigenvalue weighted by Gasteiger charge is 2.19. The van der Waals surface area contributed by atoms with E-state index in [1.54, 1.807) is 28.7 Å². The Hall–Kier alpha value is -1.03. The van der Waals surface area contributed by atoms with Crippen LogP contribution in [0.2, 0.25) is 0 Å². The van der Waals surface area contributed by atoms with Crippen molar-refractivity contribution in [2.45, 2.75) is 13.3 Å². The highest BCUT2D eigenvalue weighted by molar-refractivity contribution is 14.1. The number of nitrogens with zero attached hydrogens (tertiary/aromatic N) is 1. The van der Waals surface area contributed by atoms with E-state index in [2.05, 4.69) is 0 Å². The number of rotatable bonds is 2. The predicted octanol–water partition coefficient (Wildman–Crippen LogP) is 3.30. The van der Waals surface area contributed by atoms with E-state index in [1.165, 1.54) is 13.0 Å². The molecule has 0 saturated heterocycles. The molecule has 1 rings (SSSR count). The molecule has 0 radical (unpaired) electrons. The third kappa shape index (κ3) is 2.50. The Bertz CT molecular complexity index is 451. The molecule has 0 unspecified atom stereocenters. The van der Waals surface area contributed by atoms with Gasteiger partial charge in [-0.15, -0.1) is 0 Å². The van der Waals surface area contributed by atoms with Gasteiger partial charge in [-0.25, -0.2) is 8.78 Å². The van der Waals surface area contributed by atoms with Crippen LogP contribution in [0.25, 0.3) is 0 Å². The summed E-state index contributed by atoms with van der Waals surface area (Å²) >= 11 is 1.78. The Labute approximate surface area is 99.0 Å². The SMILES string of the molecule is CC(=O)c1c(I)cc(C#N)cc1C(F)F.